The van der Waals surface area contributed by atoms with Crippen molar-refractivity contribution in [1.29, 1.82) is 0 Å². The highest BCUT2D eigenvalue weighted by molar-refractivity contribution is 9.08. The van der Waals surface area contributed by atoms with Crippen LogP contribution >= 0.6 is 16.1 Å². The predicted octanol–water partition coefficient (Wildman–Crippen LogP) is -0.804. The summed E-state index contributed by atoms with van der Waals surface area (Å²) in [5.41, 5.74) is 4.62. The smallest absolute Gasteiger partial charge is 0.331 e. The van der Waals surface area contributed by atoms with Crippen LogP contribution in [0, 0.1) is 0 Å². The van der Waals surface area contributed by atoms with Crippen LogP contribution in [0.5, 0.6) is 0 Å². The summed E-state index contributed by atoms with van der Waals surface area (Å²) in [4.78, 5) is 20.4. The van der Waals surface area contributed by atoms with Gasteiger partial charge in [-0.3, -0.25) is 4.79 Å². The summed E-state index contributed by atoms with van der Waals surface area (Å²) in [5, 5.41) is 8.13. The Kier molecular flexibility index (Phi) is 3.18. The number of primary amides is 1. The first-order valence-corrected chi connectivity index (χ1v) is 2.69. The molecule has 5 nitrogen and oxygen atoms in total. The van der Waals surface area contributed by atoms with Gasteiger partial charge in [0.1, 0.15) is 6.61 Å². The van der Waals surface area contributed by atoms with Gasteiger partial charge in [-0.2, -0.15) is 3.93 Å². The van der Waals surface area contributed by atoms with E-state index in [0.29, 0.717) is 3.93 Å². The third kappa shape index (κ3) is 2.43. The van der Waals surface area contributed by atoms with E-state index in [0.717, 1.165) is 0 Å². The lowest BCUT2D eigenvalue weighted by atomic mass is 10.6. The fourth-order valence-electron chi connectivity index (χ4n) is 0.185. The van der Waals surface area contributed by atoms with Crippen LogP contribution in [0.4, 0.5) is 4.79 Å². The number of nitrogens with two attached hydrogens (primary N) is 1. The number of aliphatic hydroxyl groups is 1. The van der Waals surface area contributed by atoms with Crippen molar-refractivity contribution < 1.29 is 14.7 Å². The van der Waals surface area contributed by atoms with E-state index in [4.69, 9.17) is 5.11 Å². The van der Waals surface area contributed by atoms with E-state index >= 15 is 0 Å². The zero-order valence-corrected chi connectivity index (χ0v) is 5.96. The zero-order chi connectivity index (χ0) is 7.44. The Morgan fingerprint density at radius 3 is 2.22 bits per heavy atom. The summed E-state index contributed by atoms with van der Waals surface area (Å²) in [6, 6.07) is -0.950. The van der Waals surface area contributed by atoms with Gasteiger partial charge >= 0.3 is 6.03 Å². The number of hydrogen-bond donors (Lipinski definition) is 2. The second-order valence-electron chi connectivity index (χ2n) is 1.17. The number of halogens is 1. The van der Waals surface area contributed by atoms with Gasteiger partial charge in [0.25, 0.3) is 5.91 Å². The minimum Gasteiger partial charge on any atom is -0.386 e. The molecule has 0 radical (unpaired) electrons. The summed E-state index contributed by atoms with van der Waals surface area (Å²) in [5.74, 6) is -0.789. The number of carbonyl (C=O) groups excluding carboxylic acids is 2. The maximum atomic E-state index is 10.3. The van der Waals surface area contributed by atoms with Crippen LogP contribution in [-0.4, -0.2) is 27.6 Å². The summed E-state index contributed by atoms with van der Waals surface area (Å²) in [6.07, 6.45) is 0. The van der Waals surface area contributed by atoms with Gasteiger partial charge in [0.15, 0.2) is 0 Å². The van der Waals surface area contributed by atoms with E-state index in [1.807, 2.05) is 0 Å². The van der Waals surface area contributed by atoms with Crippen LogP contribution < -0.4 is 5.73 Å². The fourth-order valence-corrected chi connectivity index (χ4v) is 0.297. The number of rotatable bonds is 1. The van der Waals surface area contributed by atoms with E-state index in [9.17, 15) is 9.59 Å². The highest BCUT2D eigenvalue weighted by atomic mass is 79.9. The van der Waals surface area contributed by atoms with E-state index in [2.05, 4.69) is 21.9 Å². The average molecular weight is 197 g/mol. The van der Waals surface area contributed by atoms with Crippen molar-refractivity contribution in [3.63, 3.8) is 0 Å². The molecule has 3 N–H and O–H groups in total. The zero-order valence-electron chi connectivity index (χ0n) is 4.37. The molecule has 0 spiro atoms. The van der Waals surface area contributed by atoms with E-state index in [1.54, 1.807) is 0 Å². The molecule has 0 bridgehead atoms. The van der Waals surface area contributed by atoms with Crippen molar-refractivity contribution in [1.82, 2.24) is 3.93 Å². The molecule has 0 fully saturated rings. The fraction of sp³-hybridized carbons (Fsp3) is 0.333. The van der Waals surface area contributed by atoms with Crippen LogP contribution in [0.25, 0.3) is 0 Å². The SMILES string of the molecule is NC(=O)N(Br)C(=O)CO. The Balaban J connectivity index is 3.88. The molecule has 0 atom stereocenters. The van der Waals surface area contributed by atoms with Crippen molar-refractivity contribution in [3.05, 3.63) is 0 Å². The first-order chi connectivity index (χ1) is 4.09. The molecule has 0 saturated heterocycles. The minimum atomic E-state index is -0.950. The van der Waals surface area contributed by atoms with E-state index < -0.39 is 18.5 Å². The van der Waals surface area contributed by atoms with Gasteiger partial charge in [-0.05, 0) is 0 Å². The van der Waals surface area contributed by atoms with Crippen molar-refractivity contribution >= 4 is 28.1 Å². The number of carbonyl (C=O) groups is 2. The van der Waals surface area contributed by atoms with Gasteiger partial charge in [0.2, 0.25) is 0 Å². The van der Waals surface area contributed by atoms with E-state index in [1.165, 1.54) is 0 Å². The maximum absolute atomic E-state index is 10.3. The summed E-state index contributed by atoms with van der Waals surface area (Å²) in [7, 11) is 0. The Morgan fingerprint density at radius 2 is 2.11 bits per heavy atom. The first kappa shape index (κ1) is 8.38. The molecule has 3 amide bonds. The molecule has 9 heavy (non-hydrogen) atoms. The maximum Gasteiger partial charge on any atom is 0.331 e. The van der Waals surface area contributed by atoms with Gasteiger partial charge < -0.3 is 10.8 Å². The highest BCUT2D eigenvalue weighted by Crippen LogP contribution is 1.95. The van der Waals surface area contributed by atoms with Gasteiger partial charge in [0.05, 0.1) is 16.1 Å². The van der Waals surface area contributed by atoms with Crippen LogP contribution in [0.1, 0.15) is 0 Å². The van der Waals surface area contributed by atoms with Crippen molar-refractivity contribution in [2.45, 2.75) is 0 Å². The Labute approximate surface area is 59.8 Å². The summed E-state index contributed by atoms with van der Waals surface area (Å²) in [6.45, 7) is -0.742. The molecule has 6 heteroatoms. The normalized spacial score (nSPS) is 8.67. The largest absolute Gasteiger partial charge is 0.386 e. The number of nitrogens with zero attached hydrogens (tertiary/aromatic N) is 1. The second kappa shape index (κ2) is 3.41. The first-order valence-electron chi connectivity index (χ1n) is 1.98. The van der Waals surface area contributed by atoms with Crippen LogP contribution in [-0.2, 0) is 4.79 Å². The van der Waals surface area contributed by atoms with E-state index in [-0.39, 0.29) is 0 Å². The highest BCUT2D eigenvalue weighted by Gasteiger charge is 2.13. The summed E-state index contributed by atoms with van der Waals surface area (Å²) >= 11 is 2.52. The van der Waals surface area contributed by atoms with Crippen LogP contribution in [0.3, 0.4) is 0 Å². The van der Waals surface area contributed by atoms with Gasteiger partial charge in [-0.1, -0.05) is 0 Å². The third-order valence-corrected chi connectivity index (χ3v) is 1.29. The number of hydrogen-bond acceptors (Lipinski definition) is 3. The number of aliphatic hydroxyl groups excluding tert-OH is 1. The van der Waals surface area contributed by atoms with Gasteiger partial charge in [0, 0.05) is 0 Å². The molecule has 0 aliphatic heterocycles. The molecule has 0 heterocycles. The number of urea groups is 1. The van der Waals surface area contributed by atoms with Crippen molar-refractivity contribution in [2.24, 2.45) is 5.73 Å². The third-order valence-electron chi connectivity index (χ3n) is 0.548. The molecule has 0 aromatic rings. The summed E-state index contributed by atoms with van der Waals surface area (Å²) < 4.78 is 0.451. The van der Waals surface area contributed by atoms with Crippen LogP contribution in [0.2, 0.25) is 0 Å². The monoisotopic (exact) mass is 196 g/mol. The van der Waals surface area contributed by atoms with Crippen molar-refractivity contribution in [2.75, 3.05) is 6.61 Å². The van der Waals surface area contributed by atoms with Crippen LogP contribution in [0.15, 0.2) is 0 Å². The second-order valence-corrected chi connectivity index (χ2v) is 1.88. The Bertz CT molecular complexity index is 137. The molecule has 0 aromatic carbocycles. The molecule has 0 aliphatic carbocycles. The lowest BCUT2D eigenvalue weighted by Gasteiger charge is -2.05. The molecule has 0 rings (SSSR count). The van der Waals surface area contributed by atoms with Gasteiger partial charge in [-0.25, -0.2) is 4.79 Å². The lowest BCUT2D eigenvalue weighted by Crippen LogP contribution is -2.34. The predicted molar refractivity (Wildman–Crippen MR) is 32.4 cm³/mol. The quantitative estimate of drug-likeness (QED) is 0.539. The molecule has 52 valence electrons. The topological polar surface area (TPSA) is 83.6 Å². The average Bonchev–Trinajstić information content (AvgIpc) is 1.84. The molecule has 0 aromatic heterocycles. The lowest BCUT2D eigenvalue weighted by molar-refractivity contribution is -0.126. The van der Waals surface area contributed by atoms with Gasteiger partial charge in [-0.15, -0.1) is 0 Å². The number of imide groups is 1. The molecule has 0 aliphatic rings. The molecule has 0 unspecified atom stereocenters. The Hall–Kier alpha value is -0.620. The molecular formula is C3H5BrN2O3. The standard InChI is InChI=1S/C3H5BrN2O3/c4-6(3(5)9)2(8)1-7/h7H,1H2,(H2,5,9). The van der Waals surface area contributed by atoms with Crippen molar-refractivity contribution in [3.8, 4) is 0 Å². The minimum absolute atomic E-state index is 0.451. The molecule has 0 saturated carbocycles. The number of amides is 3. The Morgan fingerprint density at radius 1 is 1.67 bits per heavy atom. The molecular weight excluding hydrogens is 192 g/mol.